The van der Waals surface area contributed by atoms with Gasteiger partial charge in [0.1, 0.15) is 11.6 Å². The third kappa shape index (κ3) is 4.39. The molecule has 1 aliphatic heterocycles. The molecule has 0 spiro atoms. The molecule has 1 heterocycles. The number of piperazine rings is 1. The molecule has 1 aromatic carbocycles. The van der Waals surface area contributed by atoms with Gasteiger partial charge in [0.2, 0.25) is 5.91 Å². The van der Waals surface area contributed by atoms with Crippen molar-refractivity contribution in [2.75, 3.05) is 37.6 Å². The second-order valence-corrected chi connectivity index (χ2v) is 5.58. The molecule has 1 amide bonds. The van der Waals surface area contributed by atoms with Gasteiger partial charge < -0.3 is 10.2 Å². The number of hydrogen-bond donors (Lipinski definition) is 1. The molecule has 0 atom stereocenters. The molecule has 6 heteroatoms. The minimum absolute atomic E-state index is 0.00594. The number of amides is 1. The minimum atomic E-state index is -0.569. The van der Waals surface area contributed by atoms with Crippen LogP contribution in [0.3, 0.4) is 0 Å². The standard InChI is InChI=1S/C15H21F2N3O/c1-11(2)18-15(21)10-19-5-7-20(8-6-19)14-4-3-12(16)9-13(14)17/h3-4,9,11H,5-8,10H2,1-2H3,(H,18,21). The summed E-state index contributed by atoms with van der Waals surface area (Å²) < 4.78 is 26.6. The molecule has 0 aliphatic carbocycles. The van der Waals surface area contributed by atoms with Crippen LogP contribution in [0.5, 0.6) is 0 Å². The Bertz CT molecular complexity index is 500. The van der Waals surface area contributed by atoms with E-state index in [1.807, 2.05) is 23.6 Å². The van der Waals surface area contributed by atoms with E-state index in [0.717, 1.165) is 6.07 Å². The van der Waals surface area contributed by atoms with E-state index in [0.29, 0.717) is 38.4 Å². The summed E-state index contributed by atoms with van der Waals surface area (Å²) in [5.41, 5.74) is 0.419. The molecule has 1 N–H and O–H groups in total. The Morgan fingerprint density at radius 2 is 1.90 bits per heavy atom. The maximum atomic E-state index is 13.7. The SMILES string of the molecule is CC(C)NC(=O)CN1CCN(c2ccc(F)cc2F)CC1. The first-order chi connectivity index (χ1) is 9.95. The van der Waals surface area contributed by atoms with Crippen molar-refractivity contribution < 1.29 is 13.6 Å². The number of anilines is 1. The van der Waals surface area contributed by atoms with E-state index in [-0.39, 0.29) is 11.9 Å². The average molecular weight is 297 g/mol. The van der Waals surface area contributed by atoms with E-state index in [4.69, 9.17) is 0 Å². The fourth-order valence-electron chi connectivity index (χ4n) is 2.46. The van der Waals surface area contributed by atoms with Crippen molar-refractivity contribution in [3.05, 3.63) is 29.8 Å². The second-order valence-electron chi connectivity index (χ2n) is 5.58. The zero-order chi connectivity index (χ0) is 15.4. The highest BCUT2D eigenvalue weighted by Crippen LogP contribution is 2.21. The summed E-state index contributed by atoms with van der Waals surface area (Å²) in [4.78, 5) is 15.6. The van der Waals surface area contributed by atoms with Crippen LogP contribution in [0.4, 0.5) is 14.5 Å². The van der Waals surface area contributed by atoms with Gasteiger partial charge >= 0.3 is 0 Å². The molecule has 4 nitrogen and oxygen atoms in total. The summed E-state index contributed by atoms with van der Waals surface area (Å²) in [7, 11) is 0. The highest BCUT2D eigenvalue weighted by atomic mass is 19.1. The average Bonchev–Trinajstić information content (AvgIpc) is 2.39. The monoisotopic (exact) mass is 297 g/mol. The molecule has 1 saturated heterocycles. The van der Waals surface area contributed by atoms with Crippen molar-refractivity contribution in [3.63, 3.8) is 0 Å². The quantitative estimate of drug-likeness (QED) is 0.917. The van der Waals surface area contributed by atoms with Crippen LogP contribution in [-0.4, -0.2) is 49.6 Å². The van der Waals surface area contributed by atoms with Gasteiger partial charge in [0.15, 0.2) is 0 Å². The number of carbonyl (C=O) groups excluding carboxylic acids is 1. The Morgan fingerprint density at radius 3 is 2.48 bits per heavy atom. The van der Waals surface area contributed by atoms with Crippen LogP contribution in [-0.2, 0) is 4.79 Å². The largest absolute Gasteiger partial charge is 0.367 e. The van der Waals surface area contributed by atoms with E-state index < -0.39 is 11.6 Å². The first kappa shape index (κ1) is 15.7. The molecular weight excluding hydrogens is 276 g/mol. The normalized spacial score (nSPS) is 16.3. The van der Waals surface area contributed by atoms with Gasteiger partial charge in [-0.25, -0.2) is 8.78 Å². The van der Waals surface area contributed by atoms with Gasteiger partial charge in [0, 0.05) is 38.3 Å². The van der Waals surface area contributed by atoms with Gasteiger partial charge in [-0.05, 0) is 26.0 Å². The zero-order valence-corrected chi connectivity index (χ0v) is 12.4. The molecule has 1 fully saturated rings. The molecule has 21 heavy (non-hydrogen) atoms. The number of carbonyl (C=O) groups is 1. The van der Waals surface area contributed by atoms with Crippen LogP contribution >= 0.6 is 0 Å². The molecule has 0 unspecified atom stereocenters. The molecule has 1 aliphatic rings. The number of rotatable bonds is 4. The number of nitrogens with zero attached hydrogens (tertiary/aromatic N) is 2. The zero-order valence-electron chi connectivity index (χ0n) is 12.4. The fourth-order valence-corrected chi connectivity index (χ4v) is 2.46. The first-order valence-electron chi connectivity index (χ1n) is 7.17. The molecule has 0 radical (unpaired) electrons. The van der Waals surface area contributed by atoms with Crippen molar-refractivity contribution in [1.82, 2.24) is 10.2 Å². The Hall–Kier alpha value is -1.69. The molecule has 116 valence electrons. The summed E-state index contributed by atoms with van der Waals surface area (Å²) >= 11 is 0. The van der Waals surface area contributed by atoms with Gasteiger partial charge in [-0.3, -0.25) is 9.69 Å². The highest BCUT2D eigenvalue weighted by Gasteiger charge is 2.21. The van der Waals surface area contributed by atoms with E-state index >= 15 is 0 Å². The van der Waals surface area contributed by atoms with E-state index in [1.54, 1.807) is 0 Å². The lowest BCUT2D eigenvalue weighted by Crippen LogP contribution is -2.50. The van der Waals surface area contributed by atoms with E-state index in [9.17, 15) is 13.6 Å². The molecule has 2 rings (SSSR count). The summed E-state index contributed by atoms with van der Waals surface area (Å²) in [5.74, 6) is -1.10. The van der Waals surface area contributed by atoms with Crippen molar-refractivity contribution in [3.8, 4) is 0 Å². The Labute approximate surface area is 123 Å². The van der Waals surface area contributed by atoms with Crippen LogP contribution in [0.25, 0.3) is 0 Å². The van der Waals surface area contributed by atoms with Crippen LogP contribution in [0.1, 0.15) is 13.8 Å². The summed E-state index contributed by atoms with van der Waals surface area (Å²) in [6.45, 7) is 6.82. The number of benzene rings is 1. The van der Waals surface area contributed by atoms with E-state index in [2.05, 4.69) is 5.32 Å². The Kier molecular flexibility index (Phi) is 5.12. The lowest BCUT2D eigenvalue weighted by molar-refractivity contribution is -0.122. The van der Waals surface area contributed by atoms with Crippen LogP contribution in [0, 0.1) is 11.6 Å². The summed E-state index contributed by atoms with van der Waals surface area (Å²) in [6, 6.07) is 3.76. The highest BCUT2D eigenvalue weighted by molar-refractivity contribution is 5.78. The Balaban J connectivity index is 1.87. The lowest BCUT2D eigenvalue weighted by Gasteiger charge is -2.35. The van der Waals surface area contributed by atoms with Crippen molar-refractivity contribution in [2.45, 2.75) is 19.9 Å². The van der Waals surface area contributed by atoms with Crippen LogP contribution in [0.15, 0.2) is 18.2 Å². The second kappa shape index (κ2) is 6.85. The molecule has 0 saturated carbocycles. The Morgan fingerprint density at radius 1 is 1.24 bits per heavy atom. The van der Waals surface area contributed by atoms with Crippen molar-refractivity contribution in [1.29, 1.82) is 0 Å². The van der Waals surface area contributed by atoms with Gasteiger partial charge in [-0.15, -0.1) is 0 Å². The van der Waals surface area contributed by atoms with Gasteiger partial charge in [-0.2, -0.15) is 0 Å². The van der Waals surface area contributed by atoms with Crippen LogP contribution in [0.2, 0.25) is 0 Å². The number of halogens is 2. The van der Waals surface area contributed by atoms with Gasteiger partial charge in [0.25, 0.3) is 0 Å². The van der Waals surface area contributed by atoms with Crippen molar-refractivity contribution >= 4 is 11.6 Å². The molecule has 0 bridgehead atoms. The van der Waals surface area contributed by atoms with Crippen molar-refractivity contribution in [2.24, 2.45) is 0 Å². The summed E-state index contributed by atoms with van der Waals surface area (Å²) in [6.07, 6.45) is 0. The summed E-state index contributed by atoms with van der Waals surface area (Å²) in [5, 5.41) is 2.85. The topological polar surface area (TPSA) is 35.6 Å². The predicted octanol–water partition coefficient (Wildman–Crippen LogP) is 1.61. The van der Waals surface area contributed by atoms with E-state index in [1.165, 1.54) is 12.1 Å². The number of hydrogen-bond acceptors (Lipinski definition) is 3. The smallest absolute Gasteiger partial charge is 0.234 e. The minimum Gasteiger partial charge on any atom is -0.367 e. The third-order valence-electron chi connectivity index (χ3n) is 3.44. The maximum Gasteiger partial charge on any atom is 0.234 e. The molecule has 0 aromatic heterocycles. The molecule has 1 aromatic rings. The van der Waals surface area contributed by atoms with Crippen LogP contribution < -0.4 is 10.2 Å². The van der Waals surface area contributed by atoms with Gasteiger partial charge in [-0.1, -0.05) is 0 Å². The third-order valence-corrected chi connectivity index (χ3v) is 3.44. The molecular formula is C15H21F2N3O. The van der Waals surface area contributed by atoms with Gasteiger partial charge in [0.05, 0.1) is 12.2 Å². The predicted molar refractivity (Wildman–Crippen MR) is 78.3 cm³/mol. The number of nitrogens with one attached hydrogen (secondary N) is 1. The fraction of sp³-hybridized carbons (Fsp3) is 0.533. The lowest BCUT2D eigenvalue weighted by atomic mass is 10.2. The first-order valence-corrected chi connectivity index (χ1v) is 7.17. The maximum absolute atomic E-state index is 13.7.